The molecule has 5 nitrogen and oxygen atoms in total. The Morgan fingerprint density at radius 3 is 2.36 bits per heavy atom. The number of para-hydroxylation sites is 1. The third kappa shape index (κ3) is 6.27. The van der Waals surface area contributed by atoms with Gasteiger partial charge < -0.3 is 4.74 Å². The van der Waals surface area contributed by atoms with Crippen molar-refractivity contribution in [1.29, 1.82) is 0 Å². The first-order valence-electron chi connectivity index (χ1n) is 18.7. The Morgan fingerprint density at radius 1 is 0.840 bits per heavy atom. The van der Waals surface area contributed by atoms with Gasteiger partial charge in [0.2, 0.25) is 0 Å². The van der Waals surface area contributed by atoms with Gasteiger partial charge >= 0.3 is 0 Å². The van der Waals surface area contributed by atoms with Crippen LogP contribution in [0.3, 0.4) is 0 Å². The van der Waals surface area contributed by atoms with E-state index in [4.69, 9.17) is 14.8 Å². The molecule has 50 heavy (non-hydrogen) atoms. The number of hydrogen-bond acceptors (Lipinski definition) is 3. The third-order valence-corrected chi connectivity index (χ3v) is 10.6. The van der Waals surface area contributed by atoms with Gasteiger partial charge in [-0.2, -0.15) is 5.10 Å². The maximum absolute atomic E-state index is 6.81. The van der Waals surface area contributed by atoms with Crippen LogP contribution in [0.4, 0.5) is 0 Å². The molecule has 0 saturated carbocycles. The lowest BCUT2D eigenvalue weighted by Gasteiger charge is -2.33. The molecule has 5 heteroatoms. The molecule has 0 bridgehead atoms. The number of benzene rings is 3. The average Bonchev–Trinajstić information content (AvgIpc) is 3.59. The van der Waals surface area contributed by atoms with Crippen molar-refractivity contribution in [3.8, 4) is 23.0 Å². The number of fused-ring (bicyclic) bond motifs is 3. The van der Waals surface area contributed by atoms with Crippen LogP contribution in [0.1, 0.15) is 108 Å². The minimum atomic E-state index is 0.333. The van der Waals surface area contributed by atoms with E-state index in [9.17, 15) is 0 Å². The lowest BCUT2D eigenvalue weighted by atomic mass is 9.72. The van der Waals surface area contributed by atoms with Gasteiger partial charge in [-0.1, -0.05) is 84.2 Å². The van der Waals surface area contributed by atoms with Crippen molar-refractivity contribution >= 4 is 21.8 Å². The molecule has 0 saturated heterocycles. The number of allylic oxidation sites excluding steroid dienone is 2. The molecule has 0 N–H and O–H groups in total. The second kappa shape index (κ2) is 13.9. The highest BCUT2D eigenvalue weighted by atomic mass is 16.5. The zero-order valence-corrected chi connectivity index (χ0v) is 31.1. The Bertz CT molecular complexity index is 2200. The van der Waals surface area contributed by atoms with Crippen LogP contribution in [0.5, 0.6) is 11.5 Å². The van der Waals surface area contributed by atoms with Gasteiger partial charge in [0, 0.05) is 46.3 Å². The van der Waals surface area contributed by atoms with Crippen LogP contribution in [-0.4, -0.2) is 19.3 Å². The van der Waals surface area contributed by atoms with Gasteiger partial charge in [0.05, 0.1) is 22.4 Å². The van der Waals surface area contributed by atoms with E-state index >= 15 is 0 Å². The predicted octanol–water partition coefficient (Wildman–Crippen LogP) is 12.2. The smallest absolute Gasteiger partial charge is 0.137 e. The Morgan fingerprint density at radius 2 is 1.62 bits per heavy atom. The second-order valence-corrected chi connectivity index (χ2v) is 15.0. The molecule has 3 aromatic heterocycles. The molecule has 0 fully saturated rings. The summed E-state index contributed by atoms with van der Waals surface area (Å²) >= 11 is 0. The molecule has 7 rings (SSSR count). The summed E-state index contributed by atoms with van der Waals surface area (Å²) in [5, 5.41) is 7.83. The fraction of sp³-hybridized carbons (Fsp3) is 0.378. The second-order valence-electron chi connectivity index (χ2n) is 15.0. The average molecular weight is 665 g/mol. The van der Waals surface area contributed by atoms with Crippen molar-refractivity contribution in [3.63, 3.8) is 0 Å². The van der Waals surface area contributed by atoms with Crippen LogP contribution in [0.2, 0.25) is 0 Å². The van der Waals surface area contributed by atoms with Crippen molar-refractivity contribution in [2.45, 2.75) is 99.3 Å². The maximum Gasteiger partial charge on any atom is 0.137 e. The number of pyridine rings is 1. The number of aromatic nitrogens is 4. The van der Waals surface area contributed by atoms with Gasteiger partial charge in [-0.05, 0) is 104 Å². The quantitative estimate of drug-likeness (QED) is 0.137. The minimum absolute atomic E-state index is 0.333. The molecule has 0 radical (unpaired) electrons. The standard InChI is InChI=1S/C45H52N4O/c1-9-13-39-45(44-31(7)21-30(6)22-32(44)8)41(14-10-2)49(47-39)34-24-33(28(3)4)25-36(26-34)50-35-17-18-38-37-15-11-12-16-40(37)48(42(38)27-35)43-23-29(5)19-20-46-43/h11-12,15-21,23-28,30,32,44H,9-10,13-14,22H2,1-8H3/t30?,32-,44+/m0/s1. The molecule has 3 heterocycles. The van der Waals surface area contributed by atoms with Crippen molar-refractivity contribution in [1.82, 2.24) is 19.3 Å². The Hall–Kier alpha value is -4.64. The summed E-state index contributed by atoms with van der Waals surface area (Å²) in [6.07, 6.45) is 9.74. The monoisotopic (exact) mass is 664 g/mol. The number of ether oxygens (including phenoxy) is 1. The summed E-state index contributed by atoms with van der Waals surface area (Å²) in [6.45, 7) is 18.3. The van der Waals surface area contributed by atoms with Gasteiger partial charge in [0.25, 0.3) is 0 Å². The summed E-state index contributed by atoms with van der Waals surface area (Å²) in [6, 6.07) is 25.9. The zero-order chi connectivity index (χ0) is 35.1. The summed E-state index contributed by atoms with van der Waals surface area (Å²) in [5.74, 6) is 4.48. The molecule has 0 aliphatic heterocycles. The van der Waals surface area contributed by atoms with Crippen LogP contribution < -0.4 is 4.74 Å². The molecule has 1 unspecified atom stereocenters. The Labute approximate surface area is 298 Å². The van der Waals surface area contributed by atoms with Gasteiger partial charge in [0.1, 0.15) is 17.3 Å². The molecule has 1 aliphatic rings. The summed E-state index contributed by atoms with van der Waals surface area (Å²) < 4.78 is 11.3. The lowest BCUT2D eigenvalue weighted by molar-refractivity contribution is 0.389. The van der Waals surface area contributed by atoms with Crippen molar-refractivity contribution in [2.24, 2.45) is 11.8 Å². The van der Waals surface area contributed by atoms with E-state index in [-0.39, 0.29) is 0 Å². The van der Waals surface area contributed by atoms with Gasteiger partial charge in [-0.3, -0.25) is 4.57 Å². The first kappa shape index (κ1) is 33.8. The van der Waals surface area contributed by atoms with Crippen molar-refractivity contribution < 1.29 is 4.74 Å². The highest BCUT2D eigenvalue weighted by Crippen LogP contribution is 2.44. The molecule has 0 spiro atoms. The van der Waals surface area contributed by atoms with Crippen LogP contribution in [-0.2, 0) is 12.8 Å². The topological polar surface area (TPSA) is 44.9 Å². The van der Waals surface area contributed by atoms with E-state index < -0.39 is 0 Å². The highest BCUT2D eigenvalue weighted by Gasteiger charge is 2.33. The molecular weight excluding hydrogens is 613 g/mol. The zero-order valence-electron chi connectivity index (χ0n) is 31.1. The summed E-state index contributed by atoms with van der Waals surface area (Å²) in [5.41, 5.74) is 11.3. The highest BCUT2D eigenvalue weighted by molar-refractivity contribution is 6.09. The molecular formula is C45H52N4O. The fourth-order valence-corrected chi connectivity index (χ4v) is 8.45. The van der Waals surface area contributed by atoms with E-state index in [0.717, 1.165) is 59.7 Å². The number of nitrogens with zero attached hydrogens (tertiary/aromatic N) is 4. The molecule has 6 aromatic rings. The van der Waals surface area contributed by atoms with E-state index in [2.05, 4.69) is 137 Å². The molecule has 3 aromatic carbocycles. The van der Waals surface area contributed by atoms with E-state index in [1.807, 2.05) is 12.3 Å². The minimum Gasteiger partial charge on any atom is -0.457 e. The van der Waals surface area contributed by atoms with Crippen molar-refractivity contribution in [3.05, 3.63) is 119 Å². The van der Waals surface area contributed by atoms with Gasteiger partial charge in [-0.25, -0.2) is 9.67 Å². The summed E-state index contributed by atoms with van der Waals surface area (Å²) in [4.78, 5) is 4.77. The van der Waals surface area contributed by atoms with E-state index in [1.54, 1.807) is 0 Å². The van der Waals surface area contributed by atoms with E-state index in [1.165, 1.54) is 50.8 Å². The molecule has 0 amide bonds. The van der Waals surface area contributed by atoms with Gasteiger partial charge in [-0.15, -0.1) is 0 Å². The van der Waals surface area contributed by atoms with Crippen LogP contribution in [0, 0.1) is 18.8 Å². The molecule has 258 valence electrons. The predicted molar refractivity (Wildman–Crippen MR) is 208 cm³/mol. The first-order chi connectivity index (χ1) is 24.2. The molecule has 3 atom stereocenters. The van der Waals surface area contributed by atoms with Crippen molar-refractivity contribution in [2.75, 3.05) is 0 Å². The summed E-state index contributed by atoms with van der Waals surface area (Å²) in [7, 11) is 0. The largest absolute Gasteiger partial charge is 0.457 e. The fourth-order valence-electron chi connectivity index (χ4n) is 8.45. The normalized spacial score (nSPS) is 17.9. The first-order valence-corrected chi connectivity index (χ1v) is 18.7. The maximum atomic E-state index is 6.81. The number of rotatable bonds is 10. The lowest BCUT2D eigenvalue weighted by Crippen LogP contribution is -2.21. The Kier molecular flexibility index (Phi) is 9.43. The number of aryl methyl sites for hydroxylation is 2. The Balaban J connectivity index is 1.36. The van der Waals surface area contributed by atoms with E-state index in [0.29, 0.717) is 23.7 Å². The van der Waals surface area contributed by atoms with Crippen LogP contribution in [0.25, 0.3) is 33.3 Å². The third-order valence-electron chi connectivity index (χ3n) is 10.6. The van der Waals surface area contributed by atoms with Crippen LogP contribution in [0.15, 0.2) is 90.6 Å². The van der Waals surface area contributed by atoms with Crippen LogP contribution >= 0.6 is 0 Å². The van der Waals surface area contributed by atoms with Gasteiger partial charge in [0.15, 0.2) is 0 Å². The SMILES string of the molecule is CCCc1nn(-c2cc(Oc3ccc4c5ccccc5n(-c5cc(C)ccn5)c4c3)cc(C(C)C)c2)c(CCC)c1[C@@H]1C(C)=CC(C)C[C@@H]1C. The molecule has 1 aliphatic carbocycles. The number of hydrogen-bond donors (Lipinski definition) is 0.